The highest BCUT2D eigenvalue weighted by atomic mass is 16.6. The van der Waals surface area contributed by atoms with Crippen molar-refractivity contribution in [3.63, 3.8) is 0 Å². The van der Waals surface area contributed by atoms with Gasteiger partial charge in [-0.25, -0.2) is 0 Å². The van der Waals surface area contributed by atoms with E-state index in [9.17, 15) is 0 Å². The summed E-state index contributed by atoms with van der Waals surface area (Å²) in [7, 11) is 0. The van der Waals surface area contributed by atoms with Crippen molar-refractivity contribution in [3.8, 4) is 0 Å². The minimum Gasteiger partial charge on any atom is -0.378 e. The van der Waals surface area contributed by atoms with E-state index in [1.165, 1.54) is 38.5 Å². The SMILES string of the molecule is CCC1COC1COCC1CCC(COCC2OCC2CC)CC1. The third kappa shape index (κ3) is 4.94. The first-order valence-corrected chi connectivity index (χ1v) is 10.2. The Labute approximate surface area is 147 Å². The molecule has 0 amide bonds. The Hall–Kier alpha value is -0.160. The third-order valence-corrected chi connectivity index (χ3v) is 6.39. The molecule has 0 aromatic carbocycles. The van der Waals surface area contributed by atoms with Crippen molar-refractivity contribution < 1.29 is 18.9 Å². The summed E-state index contributed by atoms with van der Waals surface area (Å²) in [6, 6.07) is 0. The third-order valence-electron chi connectivity index (χ3n) is 6.39. The van der Waals surface area contributed by atoms with Gasteiger partial charge >= 0.3 is 0 Å². The lowest BCUT2D eigenvalue weighted by Gasteiger charge is -2.37. The van der Waals surface area contributed by atoms with E-state index in [4.69, 9.17) is 18.9 Å². The minimum absolute atomic E-state index is 0.361. The van der Waals surface area contributed by atoms with E-state index in [1.807, 2.05) is 0 Å². The minimum atomic E-state index is 0.361. The van der Waals surface area contributed by atoms with Crippen molar-refractivity contribution in [1.82, 2.24) is 0 Å². The Morgan fingerprint density at radius 3 is 1.38 bits per heavy atom. The summed E-state index contributed by atoms with van der Waals surface area (Å²) >= 11 is 0. The first kappa shape index (κ1) is 18.6. The van der Waals surface area contributed by atoms with Gasteiger partial charge in [-0.1, -0.05) is 13.8 Å². The van der Waals surface area contributed by atoms with E-state index in [-0.39, 0.29) is 0 Å². The molecule has 4 nitrogen and oxygen atoms in total. The second-order valence-corrected chi connectivity index (χ2v) is 8.04. The van der Waals surface area contributed by atoms with Gasteiger partial charge < -0.3 is 18.9 Å². The molecule has 4 unspecified atom stereocenters. The van der Waals surface area contributed by atoms with Crippen LogP contribution in [-0.2, 0) is 18.9 Å². The van der Waals surface area contributed by atoms with Crippen LogP contribution in [0, 0.1) is 23.7 Å². The molecule has 4 atom stereocenters. The molecule has 1 saturated carbocycles. The van der Waals surface area contributed by atoms with Gasteiger partial charge in [-0.15, -0.1) is 0 Å². The molecule has 140 valence electrons. The van der Waals surface area contributed by atoms with Gasteiger partial charge in [0.05, 0.1) is 38.6 Å². The van der Waals surface area contributed by atoms with Crippen LogP contribution in [0.1, 0.15) is 52.4 Å². The average Bonchev–Trinajstić information content (AvgIpc) is 2.55. The molecular formula is C20H36O4. The molecule has 0 radical (unpaired) electrons. The molecule has 2 aliphatic heterocycles. The first-order chi connectivity index (χ1) is 11.8. The Bertz CT molecular complexity index is 316. The molecule has 0 spiro atoms. The van der Waals surface area contributed by atoms with Crippen LogP contribution in [0.4, 0.5) is 0 Å². The van der Waals surface area contributed by atoms with Crippen molar-refractivity contribution >= 4 is 0 Å². The van der Waals surface area contributed by atoms with Crippen LogP contribution >= 0.6 is 0 Å². The average molecular weight is 341 g/mol. The predicted molar refractivity (Wildman–Crippen MR) is 94.1 cm³/mol. The fraction of sp³-hybridized carbons (Fsp3) is 1.00. The molecule has 0 aromatic heterocycles. The Kier molecular flexibility index (Phi) is 7.38. The molecule has 0 bridgehead atoms. The van der Waals surface area contributed by atoms with Gasteiger partial charge in [0.25, 0.3) is 0 Å². The first-order valence-electron chi connectivity index (χ1n) is 10.2. The standard InChI is InChI=1S/C20H36O4/c1-3-17-11-23-19(17)13-21-9-15-5-7-16(8-6-15)10-22-14-20-18(4-2)12-24-20/h15-20H,3-14H2,1-2H3. The van der Waals surface area contributed by atoms with Gasteiger partial charge in [-0.2, -0.15) is 0 Å². The number of hydrogen-bond acceptors (Lipinski definition) is 4. The summed E-state index contributed by atoms with van der Waals surface area (Å²) in [5.74, 6) is 2.93. The summed E-state index contributed by atoms with van der Waals surface area (Å²) in [6.07, 6.45) is 8.29. The van der Waals surface area contributed by atoms with Crippen LogP contribution in [0.15, 0.2) is 0 Å². The quantitative estimate of drug-likeness (QED) is 0.608. The maximum atomic E-state index is 5.93. The summed E-state index contributed by atoms with van der Waals surface area (Å²) in [5.41, 5.74) is 0. The van der Waals surface area contributed by atoms with E-state index in [0.29, 0.717) is 12.2 Å². The van der Waals surface area contributed by atoms with Crippen molar-refractivity contribution in [3.05, 3.63) is 0 Å². The van der Waals surface area contributed by atoms with Crippen LogP contribution in [-0.4, -0.2) is 51.8 Å². The maximum absolute atomic E-state index is 5.93. The van der Waals surface area contributed by atoms with Crippen molar-refractivity contribution in [2.75, 3.05) is 39.6 Å². The normalized spacial score (nSPS) is 39.2. The second kappa shape index (κ2) is 9.51. The molecule has 24 heavy (non-hydrogen) atoms. The van der Waals surface area contributed by atoms with Gasteiger partial charge in [0, 0.05) is 25.0 Å². The fourth-order valence-corrected chi connectivity index (χ4v) is 4.13. The van der Waals surface area contributed by atoms with Crippen LogP contribution in [0.2, 0.25) is 0 Å². The lowest BCUT2D eigenvalue weighted by Crippen LogP contribution is -2.43. The van der Waals surface area contributed by atoms with Crippen LogP contribution in [0.25, 0.3) is 0 Å². The monoisotopic (exact) mass is 340 g/mol. The molecule has 3 rings (SSSR count). The van der Waals surface area contributed by atoms with Gasteiger partial charge in [0.1, 0.15) is 0 Å². The van der Waals surface area contributed by atoms with Crippen molar-refractivity contribution in [2.24, 2.45) is 23.7 Å². The number of hydrogen-bond donors (Lipinski definition) is 0. The van der Waals surface area contributed by atoms with Crippen LogP contribution < -0.4 is 0 Å². The topological polar surface area (TPSA) is 36.9 Å². The molecule has 2 heterocycles. The highest BCUT2D eigenvalue weighted by molar-refractivity contribution is 4.79. The zero-order valence-corrected chi connectivity index (χ0v) is 15.6. The second-order valence-electron chi connectivity index (χ2n) is 8.04. The largest absolute Gasteiger partial charge is 0.378 e. The molecule has 4 heteroatoms. The van der Waals surface area contributed by atoms with Crippen molar-refractivity contribution in [1.29, 1.82) is 0 Å². The summed E-state index contributed by atoms with van der Waals surface area (Å²) in [4.78, 5) is 0. The van der Waals surface area contributed by atoms with E-state index >= 15 is 0 Å². The Morgan fingerprint density at radius 2 is 1.08 bits per heavy atom. The van der Waals surface area contributed by atoms with Gasteiger partial charge in [-0.3, -0.25) is 0 Å². The number of rotatable bonds is 10. The highest BCUT2D eigenvalue weighted by Gasteiger charge is 2.32. The molecule has 0 N–H and O–H groups in total. The molecule has 1 aliphatic carbocycles. The molecule has 3 aliphatic rings. The van der Waals surface area contributed by atoms with Gasteiger partial charge in [0.2, 0.25) is 0 Å². The lowest BCUT2D eigenvalue weighted by molar-refractivity contribution is -0.152. The van der Waals surface area contributed by atoms with Crippen LogP contribution in [0.5, 0.6) is 0 Å². The fourth-order valence-electron chi connectivity index (χ4n) is 4.13. The zero-order valence-electron chi connectivity index (χ0n) is 15.6. The van der Waals surface area contributed by atoms with Crippen molar-refractivity contribution in [2.45, 2.75) is 64.6 Å². The van der Waals surface area contributed by atoms with E-state index in [2.05, 4.69) is 13.8 Å². The predicted octanol–water partition coefficient (Wildman–Crippen LogP) is 3.68. The van der Waals surface area contributed by atoms with E-state index < -0.39 is 0 Å². The Balaban J connectivity index is 1.20. The lowest BCUT2D eigenvalue weighted by atomic mass is 9.83. The number of ether oxygens (including phenoxy) is 4. The zero-order chi connectivity index (χ0) is 16.8. The highest BCUT2D eigenvalue weighted by Crippen LogP contribution is 2.30. The smallest absolute Gasteiger partial charge is 0.0858 e. The molecular weight excluding hydrogens is 304 g/mol. The maximum Gasteiger partial charge on any atom is 0.0858 e. The van der Waals surface area contributed by atoms with E-state index in [0.717, 1.165) is 63.3 Å². The van der Waals surface area contributed by atoms with E-state index in [1.54, 1.807) is 0 Å². The molecule has 3 fully saturated rings. The summed E-state index contributed by atoms with van der Waals surface area (Å²) in [5, 5.41) is 0. The van der Waals surface area contributed by atoms with Gasteiger partial charge in [0.15, 0.2) is 0 Å². The summed E-state index contributed by atoms with van der Waals surface area (Å²) < 4.78 is 23.0. The summed E-state index contributed by atoms with van der Waals surface area (Å²) in [6.45, 7) is 9.76. The van der Waals surface area contributed by atoms with Crippen LogP contribution in [0.3, 0.4) is 0 Å². The van der Waals surface area contributed by atoms with Gasteiger partial charge in [-0.05, 0) is 50.4 Å². The molecule has 0 aromatic rings. The molecule has 2 saturated heterocycles. The Morgan fingerprint density at radius 1 is 0.667 bits per heavy atom.